The lowest BCUT2D eigenvalue weighted by molar-refractivity contribution is -0.116. The molecule has 25 heavy (non-hydrogen) atoms. The van der Waals surface area contributed by atoms with Crippen LogP contribution in [-0.4, -0.2) is 21.9 Å². The maximum absolute atomic E-state index is 12.4. The summed E-state index contributed by atoms with van der Waals surface area (Å²) in [5.41, 5.74) is 3.90. The Bertz CT molecular complexity index is 938. The van der Waals surface area contributed by atoms with Crippen molar-refractivity contribution < 1.29 is 4.79 Å². The lowest BCUT2D eigenvalue weighted by atomic mass is 10.0. The molecular weight excluding hydrogens is 316 g/mol. The predicted molar refractivity (Wildman–Crippen MR) is 101 cm³/mol. The second-order valence-corrected chi connectivity index (χ2v) is 6.47. The summed E-state index contributed by atoms with van der Waals surface area (Å²) in [6, 6.07) is 12.9. The zero-order valence-electron chi connectivity index (χ0n) is 14.5. The lowest BCUT2D eigenvalue weighted by Crippen LogP contribution is -2.31. The highest BCUT2D eigenvalue weighted by atomic mass is 16.2. The summed E-state index contributed by atoms with van der Waals surface area (Å²) < 4.78 is 0. The molecule has 4 N–H and O–H groups in total. The van der Waals surface area contributed by atoms with Gasteiger partial charge < -0.3 is 20.6 Å². The van der Waals surface area contributed by atoms with Crippen LogP contribution < -0.4 is 16.3 Å². The van der Waals surface area contributed by atoms with Crippen molar-refractivity contribution in [3.05, 3.63) is 58.5 Å². The van der Waals surface area contributed by atoms with Crippen molar-refractivity contribution in [2.24, 2.45) is 0 Å². The van der Waals surface area contributed by atoms with Crippen molar-refractivity contribution in [2.75, 3.05) is 10.6 Å². The number of fused-ring (bicyclic) bond motifs is 1. The Kier molecular flexibility index (Phi) is 4.61. The maximum atomic E-state index is 12.4. The van der Waals surface area contributed by atoms with Gasteiger partial charge in [-0.05, 0) is 48.7 Å². The van der Waals surface area contributed by atoms with E-state index in [1.165, 1.54) is 5.56 Å². The Balaban J connectivity index is 1.65. The molecule has 130 valence electrons. The number of nitrogens with one attached hydrogen (secondary N) is 4. The number of H-pyrrole nitrogens is 2. The summed E-state index contributed by atoms with van der Waals surface area (Å²) in [7, 11) is 0. The van der Waals surface area contributed by atoms with Crippen molar-refractivity contribution in [3.8, 4) is 0 Å². The number of hydrogen-bond acceptors (Lipinski definition) is 3. The molecule has 0 spiro atoms. The van der Waals surface area contributed by atoms with Gasteiger partial charge in [0, 0.05) is 11.4 Å². The molecule has 6 heteroatoms. The normalized spacial score (nSPS) is 12.3. The second-order valence-electron chi connectivity index (χ2n) is 6.47. The molecule has 3 rings (SSSR count). The molecule has 0 saturated carbocycles. The molecule has 0 saturated heterocycles. The van der Waals surface area contributed by atoms with E-state index in [0.717, 1.165) is 5.69 Å². The van der Waals surface area contributed by atoms with Gasteiger partial charge >= 0.3 is 5.69 Å². The number of hydrogen-bond donors (Lipinski definition) is 4. The van der Waals surface area contributed by atoms with Crippen LogP contribution in [0.2, 0.25) is 0 Å². The first-order chi connectivity index (χ1) is 11.9. The summed E-state index contributed by atoms with van der Waals surface area (Å²) in [4.78, 5) is 29.0. The van der Waals surface area contributed by atoms with Crippen molar-refractivity contribution >= 4 is 28.3 Å². The number of amides is 1. The van der Waals surface area contributed by atoms with Gasteiger partial charge in [0.25, 0.3) is 0 Å². The lowest BCUT2D eigenvalue weighted by Gasteiger charge is -2.16. The van der Waals surface area contributed by atoms with E-state index in [1.54, 1.807) is 18.2 Å². The number of imidazole rings is 1. The summed E-state index contributed by atoms with van der Waals surface area (Å²) in [5.74, 6) is 0.328. The Hall–Kier alpha value is -3.02. The molecular formula is C19H22N4O2. The average Bonchev–Trinajstić information content (AvgIpc) is 2.94. The number of benzene rings is 2. The summed E-state index contributed by atoms with van der Waals surface area (Å²) in [6.07, 6.45) is 0. The first kappa shape index (κ1) is 16.8. The van der Waals surface area contributed by atoms with Crippen LogP contribution in [0.25, 0.3) is 11.0 Å². The van der Waals surface area contributed by atoms with Gasteiger partial charge in [0.2, 0.25) is 5.91 Å². The van der Waals surface area contributed by atoms with Crippen molar-refractivity contribution in [1.82, 2.24) is 9.97 Å². The highest BCUT2D eigenvalue weighted by Crippen LogP contribution is 2.18. The molecule has 0 radical (unpaired) electrons. The van der Waals surface area contributed by atoms with Crippen molar-refractivity contribution in [2.45, 2.75) is 32.7 Å². The van der Waals surface area contributed by atoms with E-state index in [9.17, 15) is 9.59 Å². The predicted octanol–water partition coefficient (Wildman–Crippen LogP) is 3.42. The maximum Gasteiger partial charge on any atom is 0.323 e. The summed E-state index contributed by atoms with van der Waals surface area (Å²) in [6.45, 7) is 6.10. The molecule has 1 heterocycles. The molecule has 0 aliphatic rings. The third-order valence-electron chi connectivity index (χ3n) is 4.14. The molecule has 1 amide bonds. The van der Waals surface area contributed by atoms with E-state index in [1.807, 2.05) is 19.1 Å². The Labute approximate surface area is 145 Å². The zero-order chi connectivity index (χ0) is 18.0. The Morgan fingerprint density at radius 2 is 1.56 bits per heavy atom. The standard InChI is InChI=1S/C19H22N4O2/c1-11(2)13-4-6-14(7-5-13)20-12(3)18(24)21-15-8-9-16-17(10-15)23-19(25)22-16/h4-12,20H,1-3H3,(H,21,24)(H2,22,23,25). The molecule has 3 aromatic rings. The minimum atomic E-state index is -0.397. The van der Waals surface area contributed by atoms with Crippen LogP contribution in [0.1, 0.15) is 32.3 Å². The molecule has 2 aromatic carbocycles. The molecule has 0 aliphatic heterocycles. The molecule has 0 aliphatic carbocycles. The van der Waals surface area contributed by atoms with Gasteiger partial charge in [-0.2, -0.15) is 0 Å². The fraction of sp³-hybridized carbons (Fsp3) is 0.263. The van der Waals surface area contributed by atoms with Crippen LogP contribution >= 0.6 is 0 Å². The molecule has 1 unspecified atom stereocenters. The van der Waals surface area contributed by atoms with E-state index >= 15 is 0 Å². The van der Waals surface area contributed by atoms with Gasteiger partial charge in [0.15, 0.2) is 0 Å². The van der Waals surface area contributed by atoms with E-state index in [-0.39, 0.29) is 11.6 Å². The van der Waals surface area contributed by atoms with Crippen LogP contribution in [0.4, 0.5) is 11.4 Å². The van der Waals surface area contributed by atoms with E-state index in [4.69, 9.17) is 0 Å². The van der Waals surface area contributed by atoms with Crippen LogP contribution in [0.3, 0.4) is 0 Å². The fourth-order valence-electron chi connectivity index (χ4n) is 2.64. The molecule has 6 nitrogen and oxygen atoms in total. The summed E-state index contributed by atoms with van der Waals surface area (Å²) in [5, 5.41) is 6.05. The molecule has 1 atom stereocenters. The fourth-order valence-corrected chi connectivity index (χ4v) is 2.64. The van der Waals surface area contributed by atoms with Gasteiger partial charge in [-0.25, -0.2) is 4.79 Å². The van der Waals surface area contributed by atoms with Gasteiger partial charge in [-0.1, -0.05) is 26.0 Å². The Morgan fingerprint density at radius 1 is 0.920 bits per heavy atom. The largest absolute Gasteiger partial charge is 0.374 e. The monoisotopic (exact) mass is 338 g/mol. The van der Waals surface area contributed by atoms with Gasteiger partial charge in [0.1, 0.15) is 6.04 Å². The number of anilines is 2. The smallest absolute Gasteiger partial charge is 0.323 e. The Morgan fingerprint density at radius 3 is 2.24 bits per heavy atom. The third-order valence-corrected chi connectivity index (χ3v) is 4.14. The topological polar surface area (TPSA) is 89.8 Å². The quantitative estimate of drug-likeness (QED) is 0.574. The van der Waals surface area contributed by atoms with E-state index in [0.29, 0.717) is 22.6 Å². The third kappa shape index (κ3) is 3.91. The summed E-state index contributed by atoms with van der Waals surface area (Å²) >= 11 is 0. The number of rotatable bonds is 5. The van der Waals surface area contributed by atoms with E-state index < -0.39 is 6.04 Å². The number of aromatic amines is 2. The number of carbonyl (C=O) groups is 1. The van der Waals surface area contributed by atoms with Crippen LogP contribution in [0.15, 0.2) is 47.3 Å². The van der Waals surface area contributed by atoms with Crippen LogP contribution in [0, 0.1) is 0 Å². The van der Waals surface area contributed by atoms with Crippen LogP contribution in [-0.2, 0) is 4.79 Å². The van der Waals surface area contributed by atoms with Crippen molar-refractivity contribution in [3.63, 3.8) is 0 Å². The molecule has 0 fully saturated rings. The highest BCUT2D eigenvalue weighted by Gasteiger charge is 2.13. The average molecular weight is 338 g/mol. The number of carbonyl (C=O) groups excluding carboxylic acids is 1. The zero-order valence-corrected chi connectivity index (χ0v) is 14.5. The first-order valence-corrected chi connectivity index (χ1v) is 8.32. The second kappa shape index (κ2) is 6.84. The number of aromatic nitrogens is 2. The van der Waals surface area contributed by atoms with E-state index in [2.05, 4.69) is 46.6 Å². The van der Waals surface area contributed by atoms with Gasteiger partial charge in [0.05, 0.1) is 11.0 Å². The van der Waals surface area contributed by atoms with Gasteiger partial charge in [-0.3, -0.25) is 4.79 Å². The van der Waals surface area contributed by atoms with Gasteiger partial charge in [-0.15, -0.1) is 0 Å². The minimum absolute atomic E-state index is 0.148. The molecule has 1 aromatic heterocycles. The van der Waals surface area contributed by atoms with Crippen molar-refractivity contribution in [1.29, 1.82) is 0 Å². The SMILES string of the molecule is CC(Nc1ccc(C(C)C)cc1)C(=O)Nc1ccc2[nH]c(=O)[nH]c2c1. The van der Waals surface area contributed by atoms with Crippen LogP contribution in [0.5, 0.6) is 0 Å². The highest BCUT2D eigenvalue weighted by molar-refractivity contribution is 5.97. The minimum Gasteiger partial charge on any atom is -0.374 e. The molecule has 0 bridgehead atoms. The first-order valence-electron chi connectivity index (χ1n) is 8.32.